The first-order valence-electron chi connectivity index (χ1n) is 6.86. The molecule has 20 heavy (non-hydrogen) atoms. The number of rotatable bonds is 5. The average Bonchev–Trinajstić information content (AvgIpc) is 2.68. The number of carboxylic acids is 1. The van der Waals surface area contributed by atoms with Gasteiger partial charge in [-0.05, 0) is 19.8 Å². The molecule has 1 unspecified atom stereocenters. The van der Waals surface area contributed by atoms with Crippen molar-refractivity contribution in [3.8, 4) is 0 Å². The fourth-order valence-electron chi connectivity index (χ4n) is 2.25. The van der Waals surface area contributed by atoms with E-state index in [0.29, 0.717) is 19.0 Å². The molecule has 0 spiro atoms. The molecule has 6 nitrogen and oxygen atoms in total. The zero-order valence-electron chi connectivity index (χ0n) is 12.8. The minimum Gasteiger partial charge on any atom is -0.480 e. The van der Waals surface area contributed by atoms with E-state index in [1.807, 2.05) is 13.8 Å². The van der Waals surface area contributed by atoms with E-state index in [1.54, 1.807) is 4.90 Å². The Bertz CT molecular complexity index is 417. The molecule has 2 amide bonds. The van der Waals surface area contributed by atoms with E-state index >= 15 is 0 Å². The maximum absolute atomic E-state index is 12.4. The van der Waals surface area contributed by atoms with Crippen LogP contribution in [0.2, 0.25) is 0 Å². The fourth-order valence-corrected chi connectivity index (χ4v) is 2.25. The van der Waals surface area contributed by atoms with Crippen LogP contribution in [0.3, 0.4) is 0 Å². The van der Waals surface area contributed by atoms with Crippen molar-refractivity contribution in [1.82, 2.24) is 9.80 Å². The highest BCUT2D eigenvalue weighted by Crippen LogP contribution is 2.24. The highest BCUT2D eigenvalue weighted by atomic mass is 16.4. The normalized spacial score (nSPS) is 19.6. The van der Waals surface area contributed by atoms with Crippen LogP contribution in [0.15, 0.2) is 0 Å². The summed E-state index contributed by atoms with van der Waals surface area (Å²) in [6, 6.07) is 0. The van der Waals surface area contributed by atoms with Gasteiger partial charge in [0.25, 0.3) is 0 Å². The quantitative estimate of drug-likeness (QED) is 0.810. The van der Waals surface area contributed by atoms with Crippen molar-refractivity contribution in [1.29, 1.82) is 0 Å². The summed E-state index contributed by atoms with van der Waals surface area (Å²) in [5.74, 6) is -1.46. The molecule has 0 bridgehead atoms. The average molecular weight is 284 g/mol. The van der Waals surface area contributed by atoms with E-state index in [9.17, 15) is 14.4 Å². The van der Waals surface area contributed by atoms with Crippen LogP contribution < -0.4 is 0 Å². The lowest BCUT2D eigenvalue weighted by Gasteiger charge is -2.33. The Hall–Kier alpha value is -1.59. The minimum absolute atomic E-state index is 0.0291. The van der Waals surface area contributed by atoms with Crippen LogP contribution in [0.1, 0.15) is 34.1 Å². The van der Waals surface area contributed by atoms with Gasteiger partial charge in [0.05, 0.1) is 5.92 Å². The summed E-state index contributed by atoms with van der Waals surface area (Å²) in [7, 11) is 1.48. The molecular formula is C14H24N2O4. The van der Waals surface area contributed by atoms with Crippen molar-refractivity contribution >= 4 is 17.8 Å². The summed E-state index contributed by atoms with van der Waals surface area (Å²) >= 11 is 0. The van der Waals surface area contributed by atoms with Gasteiger partial charge in [0.1, 0.15) is 5.54 Å². The zero-order valence-corrected chi connectivity index (χ0v) is 12.8. The van der Waals surface area contributed by atoms with Crippen LogP contribution in [-0.2, 0) is 14.4 Å². The summed E-state index contributed by atoms with van der Waals surface area (Å²) in [6.45, 7) is 8.01. The predicted molar refractivity (Wildman–Crippen MR) is 74.0 cm³/mol. The van der Waals surface area contributed by atoms with Gasteiger partial charge in [-0.3, -0.25) is 9.59 Å². The fraction of sp³-hybridized carbons (Fsp3) is 0.786. The zero-order chi connectivity index (χ0) is 15.7. The van der Waals surface area contributed by atoms with Crippen LogP contribution in [0.5, 0.6) is 0 Å². The van der Waals surface area contributed by atoms with Crippen molar-refractivity contribution < 1.29 is 19.5 Å². The molecule has 1 atom stereocenters. The number of carbonyl (C=O) groups excluding carboxylic acids is 2. The van der Waals surface area contributed by atoms with E-state index in [4.69, 9.17) is 5.11 Å². The van der Waals surface area contributed by atoms with Crippen LogP contribution in [-0.4, -0.2) is 58.4 Å². The molecule has 1 N–H and O–H groups in total. The molecule has 0 aliphatic carbocycles. The van der Waals surface area contributed by atoms with Gasteiger partial charge in [0, 0.05) is 26.6 Å². The summed E-state index contributed by atoms with van der Waals surface area (Å²) < 4.78 is 0. The first-order chi connectivity index (χ1) is 9.07. The maximum Gasteiger partial charge on any atom is 0.329 e. The second kappa shape index (κ2) is 5.81. The predicted octanol–water partition coefficient (Wildman–Crippen LogP) is 0.812. The maximum atomic E-state index is 12.4. The largest absolute Gasteiger partial charge is 0.480 e. The lowest BCUT2D eigenvalue weighted by Crippen LogP contribution is -2.52. The third kappa shape index (κ3) is 3.29. The summed E-state index contributed by atoms with van der Waals surface area (Å²) in [4.78, 5) is 38.3. The standard InChI is InChI=1S/C14H24N2O4/c1-9(2)7-16-8-10(6-11(16)17)12(18)15(5)14(3,4)13(19)20/h9-10H,6-8H2,1-5H3,(H,19,20). The van der Waals surface area contributed by atoms with Crippen molar-refractivity contribution in [2.24, 2.45) is 11.8 Å². The van der Waals surface area contributed by atoms with Gasteiger partial charge < -0.3 is 14.9 Å². The van der Waals surface area contributed by atoms with Crippen LogP contribution in [0, 0.1) is 11.8 Å². The number of hydrogen-bond acceptors (Lipinski definition) is 3. The molecule has 114 valence electrons. The molecule has 1 rings (SSSR count). The van der Waals surface area contributed by atoms with E-state index in [1.165, 1.54) is 25.8 Å². The molecule has 6 heteroatoms. The third-order valence-corrected chi connectivity index (χ3v) is 3.84. The number of hydrogen-bond donors (Lipinski definition) is 1. The number of likely N-dealkylation sites (tertiary alicyclic amines) is 1. The van der Waals surface area contributed by atoms with Crippen molar-refractivity contribution in [3.05, 3.63) is 0 Å². The summed E-state index contributed by atoms with van der Waals surface area (Å²) in [6.07, 6.45) is 0.172. The van der Waals surface area contributed by atoms with Gasteiger partial charge in [-0.2, -0.15) is 0 Å². The van der Waals surface area contributed by atoms with Crippen LogP contribution in [0.4, 0.5) is 0 Å². The van der Waals surface area contributed by atoms with Gasteiger partial charge >= 0.3 is 5.97 Å². The molecule has 1 fully saturated rings. The Morgan fingerprint density at radius 2 is 2.00 bits per heavy atom. The Morgan fingerprint density at radius 1 is 1.45 bits per heavy atom. The first-order valence-corrected chi connectivity index (χ1v) is 6.86. The lowest BCUT2D eigenvalue weighted by molar-refractivity contribution is -0.156. The molecule has 0 radical (unpaired) electrons. The van der Waals surface area contributed by atoms with E-state index in [2.05, 4.69) is 0 Å². The summed E-state index contributed by atoms with van der Waals surface area (Å²) in [5, 5.41) is 9.16. The monoisotopic (exact) mass is 284 g/mol. The Labute approximate surface area is 119 Å². The van der Waals surface area contributed by atoms with Crippen LogP contribution >= 0.6 is 0 Å². The van der Waals surface area contributed by atoms with Crippen LogP contribution in [0.25, 0.3) is 0 Å². The van der Waals surface area contributed by atoms with E-state index in [0.717, 1.165) is 0 Å². The van der Waals surface area contributed by atoms with Gasteiger partial charge in [0.2, 0.25) is 11.8 Å². The minimum atomic E-state index is -1.27. The Kier molecular flexibility index (Phi) is 4.78. The lowest BCUT2D eigenvalue weighted by atomic mass is 10.00. The highest BCUT2D eigenvalue weighted by Gasteiger charge is 2.41. The van der Waals surface area contributed by atoms with Crippen molar-refractivity contribution in [2.45, 2.75) is 39.7 Å². The first kappa shape index (κ1) is 16.5. The molecular weight excluding hydrogens is 260 g/mol. The Morgan fingerprint density at radius 3 is 2.45 bits per heavy atom. The van der Waals surface area contributed by atoms with Gasteiger partial charge in [-0.25, -0.2) is 4.79 Å². The smallest absolute Gasteiger partial charge is 0.329 e. The van der Waals surface area contributed by atoms with Gasteiger partial charge in [-0.1, -0.05) is 13.8 Å². The molecule has 0 aromatic heterocycles. The molecule has 0 saturated carbocycles. The molecule has 1 aliphatic rings. The third-order valence-electron chi connectivity index (χ3n) is 3.84. The molecule has 0 aromatic carbocycles. The second-order valence-electron chi connectivity index (χ2n) is 6.36. The SMILES string of the molecule is CC(C)CN1CC(C(=O)N(C)C(C)(C)C(=O)O)CC1=O. The molecule has 1 saturated heterocycles. The molecule has 1 heterocycles. The second-order valence-corrected chi connectivity index (χ2v) is 6.36. The number of carboxylic acid groups (broad SMARTS) is 1. The summed E-state index contributed by atoms with van der Waals surface area (Å²) in [5.41, 5.74) is -1.27. The van der Waals surface area contributed by atoms with Crippen molar-refractivity contribution in [2.75, 3.05) is 20.1 Å². The highest BCUT2D eigenvalue weighted by molar-refractivity contribution is 5.92. The number of aliphatic carboxylic acids is 1. The van der Waals surface area contributed by atoms with E-state index < -0.39 is 17.4 Å². The number of carbonyl (C=O) groups is 3. The Balaban J connectivity index is 2.75. The number of likely N-dealkylation sites (N-methyl/N-ethyl adjacent to an activating group) is 1. The van der Waals surface area contributed by atoms with Gasteiger partial charge in [-0.15, -0.1) is 0 Å². The molecule has 1 aliphatic heterocycles. The molecule has 0 aromatic rings. The topological polar surface area (TPSA) is 77.9 Å². The number of amides is 2. The van der Waals surface area contributed by atoms with E-state index in [-0.39, 0.29) is 18.2 Å². The number of nitrogens with zero attached hydrogens (tertiary/aromatic N) is 2. The van der Waals surface area contributed by atoms with Gasteiger partial charge in [0.15, 0.2) is 0 Å². The van der Waals surface area contributed by atoms with Crippen molar-refractivity contribution in [3.63, 3.8) is 0 Å².